The molecule has 1 amide bonds. The maximum Gasteiger partial charge on any atom is 0.410 e. The van der Waals surface area contributed by atoms with Crippen molar-refractivity contribution in [3.63, 3.8) is 0 Å². The summed E-state index contributed by atoms with van der Waals surface area (Å²) < 4.78 is 13.1. The van der Waals surface area contributed by atoms with Crippen molar-refractivity contribution in [2.24, 2.45) is 5.92 Å². The molecule has 6 heterocycles. The second-order valence-corrected chi connectivity index (χ2v) is 11.5. The lowest BCUT2D eigenvalue weighted by Crippen LogP contribution is -2.55. The molecular weight excluding hydrogens is 484 g/mol. The minimum Gasteiger partial charge on any atom is -0.443 e. The Morgan fingerprint density at radius 1 is 1.26 bits per heavy atom. The van der Waals surface area contributed by atoms with Crippen molar-refractivity contribution < 1.29 is 14.3 Å². The van der Waals surface area contributed by atoms with Crippen LogP contribution in [0.4, 0.5) is 16.4 Å². The number of carbonyl (C=O) groups is 1. The second-order valence-electron chi connectivity index (χ2n) is 11.5. The molecule has 0 saturated carbocycles. The molecule has 4 unspecified atom stereocenters. The Labute approximate surface area is 223 Å². The van der Waals surface area contributed by atoms with Gasteiger partial charge in [0.15, 0.2) is 5.65 Å². The highest BCUT2D eigenvalue weighted by molar-refractivity contribution is 5.70. The number of piperidine rings is 1. The lowest BCUT2D eigenvalue weighted by molar-refractivity contribution is 0.0194. The first-order valence-electron chi connectivity index (χ1n) is 14.1. The van der Waals surface area contributed by atoms with Crippen LogP contribution >= 0.6 is 0 Å². The predicted octanol–water partition coefficient (Wildman–Crippen LogP) is 3.10. The fourth-order valence-electron chi connectivity index (χ4n) is 6.32. The molecule has 4 atom stereocenters. The van der Waals surface area contributed by atoms with E-state index in [4.69, 9.17) is 14.5 Å². The van der Waals surface area contributed by atoms with Gasteiger partial charge in [-0.15, -0.1) is 0 Å². The minimum atomic E-state index is -0.325. The standard InChI is InChI=1S/C27H38N8O3/c1-16(2)23-15-31-35-25(10-24(33-26(23)35)30-12-17-5-6-37-21(7-17)11-28)32-18-8-19-3-4-20(9-18)34(19)27(36)38-22-13-29-14-22/h10,15-22,29,32H,3-9,12-14H2,1-2H3,(H,30,33). The molecule has 4 saturated heterocycles. The fraction of sp³-hybridized carbons (Fsp3) is 0.704. The van der Waals surface area contributed by atoms with Crippen LogP contribution in [0.15, 0.2) is 12.3 Å². The number of rotatable bonds is 7. The predicted molar refractivity (Wildman–Crippen MR) is 142 cm³/mol. The SMILES string of the molecule is CC(C)c1cnn2c(NC3CC4CCC(C3)N4C(=O)OC3CNC3)cc(NCC3CCOC(C#N)C3)nc12. The summed E-state index contributed by atoms with van der Waals surface area (Å²) >= 11 is 0. The van der Waals surface area contributed by atoms with Crippen molar-refractivity contribution in [3.8, 4) is 6.07 Å². The number of nitrogens with zero attached hydrogens (tertiary/aromatic N) is 5. The van der Waals surface area contributed by atoms with Gasteiger partial charge in [-0.1, -0.05) is 13.8 Å². The largest absolute Gasteiger partial charge is 0.443 e. The molecule has 4 aliphatic rings. The zero-order valence-electron chi connectivity index (χ0n) is 22.2. The first-order chi connectivity index (χ1) is 18.5. The maximum absolute atomic E-state index is 12.9. The smallest absolute Gasteiger partial charge is 0.410 e. The van der Waals surface area contributed by atoms with E-state index in [0.29, 0.717) is 18.4 Å². The Kier molecular flexibility index (Phi) is 7.01. The topological polar surface area (TPSA) is 129 Å². The molecule has 0 aromatic carbocycles. The number of hydrogen-bond donors (Lipinski definition) is 3. The highest BCUT2D eigenvalue weighted by Crippen LogP contribution is 2.38. The fourth-order valence-corrected chi connectivity index (χ4v) is 6.32. The van der Waals surface area contributed by atoms with Gasteiger partial charge in [0.2, 0.25) is 0 Å². The number of hydrogen-bond acceptors (Lipinski definition) is 9. The lowest BCUT2D eigenvalue weighted by Gasteiger charge is -2.40. The van der Waals surface area contributed by atoms with E-state index >= 15 is 0 Å². The molecule has 11 heteroatoms. The van der Waals surface area contributed by atoms with Gasteiger partial charge in [0.05, 0.1) is 12.3 Å². The molecule has 0 radical (unpaired) electrons. The summed E-state index contributed by atoms with van der Waals surface area (Å²) in [7, 11) is 0. The average molecular weight is 523 g/mol. The molecule has 2 bridgehead atoms. The Hall–Kier alpha value is -3.10. The zero-order valence-corrected chi connectivity index (χ0v) is 22.2. The lowest BCUT2D eigenvalue weighted by atomic mass is 9.96. The van der Waals surface area contributed by atoms with Gasteiger partial charge in [-0.05, 0) is 50.4 Å². The summed E-state index contributed by atoms with van der Waals surface area (Å²) in [5, 5.41) is 24.4. The molecule has 38 heavy (non-hydrogen) atoms. The van der Waals surface area contributed by atoms with E-state index in [2.05, 4.69) is 41.0 Å². The van der Waals surface area contributed by atoms with Crippen molar-refractivity contribution in [3.05, 3.63) is 17.8 Å². The summed E-state index contributed by atoms with van der Waals surface area (Å²) in [5.41, 5.74) is 1.96. The quantitative estimate of drug-likeness (QED) is 0.502. The van der Waals surface area contributed by atoms with Gasteiger partial charge in [-0.3, -0.25) is 0 Å². The van der Waals surface area contributed by atoms with Gasteiger partial charge in [-0.25, -0.2) is 9.78 Å². The van der Waals surface area contributed by atoms with Crippen LogP contribution in [0, 0.1) is 17.2 Å². The van der Waals surface area contributed by atoms with Gasteiger partial charge in [-0.2, -0.15) is 14.9 Å². The van der Waals surface area contributed by atoms with E-state index in [0.717, 1.165) is 81.0 Å². The van der Waals surface area contributed by atoms with Crippen molar-refractivity contribution in [2.45, 2.75) is 88.6 Å². The second kappa shape index (κ2) is 10.6. The zero-order chi connectivity index (χ0) is 26.2. The molecule has 6 rings (SSSR count). The van der Waals surface area contributed by atoms with Crippen LogP contribution in [0.25, 0.3) is 5.65 Å². The summed E-state index contributed by atoms with van der Waals surface area (Å²) in [6.07, 6.45) is 6.93. The van der Waals surface area contributed by atoms with Crippen molar-refractivity contribution in [1.82, 2.24) is 24.8 Å². The monoisotopic (exact) mass is 522 g/mol. The van der Waals surface area contributed by atoms with E-state index in [1.807, 2.05) is 21.7 Å². The number of ether oxygens (including phenoxy) is 2. The van der Waals surface area contributed by atoms with Crippen LogP contribution in [-0.4, -0.2) is 82.2 Å². The summed E-state index contributed by atoms with van der Waals surface area (Å²) in [5.74, 6) is 2.38. The third-order valence-corrected chi connectivity index (χ3v) is 8.54. The normalized spacial score (nSPS) is 29.2. The number of anilines is 2. The van der Waals surface area contributed by atoms with Crippen LogP contribution in [0.2, 0.25) is 0 Å². The van der Waals surface area contributed by atoms with Crippen LogP contribution in [0.1, 0.15) is 63.9 Å². The van der Waals surface area contributed by atoms with E-state index in [1.54, 1.807) is 0 Å². The Bertz CT molecular complexity index is 1190. The number of carbonyl (C=O) groups excluding carboxylic acids is 1. The molecule has 3 N–H and O–H groups in total. The van der Waals surface area contributed by atoms with Crippen LogP contribution in [0.3, 0.4) is 0 Å². The minimum absolute atomic E-state index is 0.00987. The van der Waals surface area contributed by atoms with Crippen molar-refractivity contribution >= 4 is 23.4 Å². The molecule has 2 aromatic heterocycles. The first-order valence-corrected chi connectivity index (χ1v) is 14.1. The van der Waals surface area contributed by atoms with Crippen LogP contribution in [-0.2, 0) is 9.47 Å². The number of nitrogens with one attached hydrogen (secondary N) is 3. The first kappa shape index (κ1) is 25.2. The summed E-state index contributed by atoms with van der Waals surface area (Å²) in [6.45, 7) is 7.18. The van der Waals surface area contributed by atoms with Crippen LogP contribution < -0.4 is 16.0 Å². The highest BCUT2D eigenvalue weighted by Gasteiger charge is 2.45. The number of amides is 1. The summed E-state index contributed by atoms with van der Waals surface area (Å²) in [4.78, 5) is 19.8. The van der Waals surface area contributed by atoms with Gasteiger partial charge < -0.3 is 30.3 Å². The summed E-state index contributed by atoms with van der Waals surface area (Å²) in [6, 6.07) is 4.92. The molecule has 4 fully saturated rings. The average Bonchev–Trinajstić information content (AvgIpc) is 3.44. The molecule has 204 valence electrons. The molecule has 0 aliphatic carbocycles. The Morgan fingerprint density at radius 3 is 2.74 bits per heavy atom. The maximum atomic E-state index is 12.9. The third-order valence-electron chi connectivity index (χ3n) is 8.54. The van der Waals surface area contributed by atoms with Crippen molar-refractivity contribution in [1.29, 1.82) is 5.26 Å². The number of aromatic nitrogens is 3. The van der Waals surface area contributed by atoms with E-state index in [1.165, 1.54) is 0 Å². The van der Waals surface area contributed by atoms with Gasteiger partial charge in [0.25, 0.3) is 0 Å². The van der Waals surface area contributed by atoms with E-state index in [-0.39, 0.29) is 36.4 Å². The van der Waals surface area contributed by atoms with Gasteiger partial charge in [0.1, 0.15) is 23.8 Å². The highest BCUT2D eigenvalue weighted by atomic mass is 16.6. The Balaban J connectivity index is 1.18. The van der Waals surface area contributed by atoms with E-state index in [9.17, 15) is 10.1 Å². The number of nitriles is 1. The third kappa shape index (κ3) is 4.99. The molecular formula is C27H38N8O3. The molecule has 2 aromatic rings. The molecule has 11 nitrogen and oxygen atoms in total. The van der Waals surface area contributed by atoms with Gasteiger partial charge >= 0.3 is 6.09 Å². The van der Waals surface area contributed by atoms with Crippen molar-refractivity contribution in [2.75, 3.05) is 36.9 Å². The Morgan fingerprint density at radius 2 is 2.05 bits per heavy atom. The van der Waals surface area contributed by atoms with Gasteiger partial charge in [0, 0.05) is 56.0 Å². The number of fused-ring (bicyclic) bond motifs is 3. The molecule has 4 aliphatic heterocycles. The van der Waals surface area contributed by atoms with Crippen LogP contribution in [0.5, 0.6) is 0 Å². The molecule has 0 spiro atoms. The van der Waals surface area contributed by atoms with E-state index < -0.39 is 0 Å².